The van der Waals surface area contributed by atoms with Crippen molar-refractivity contribution >= 4 is 22.9 Å². The minimum absolute atomic E-state index is 0.244. The van der Waals surface area contributed by atoms with Crippen molar-refractivity contribution in [2.45, 2.75) is 17.5 Å². The fourth-order valence-electron chi connectivity index (χ4n) is 2.69. The number of nitrogens with zero attached hydrogens (tertiary/aromatic N) is 3. The highest BCUT2D eigenvalue weighted by Gasteiger charge is 2.13. The van der Waals surface area contributed by atoms with Gasteiger partial charge in [-0.15, -0.1) is 0 Å². The molecule has 0 aliphatic carbocycles. The maximum atomic E-state index is 13.2. The summed E-state index contributed by atoms with van der Waals surface area (Å²) in [5.74, 6) is 0.173. The van der Waals surface area contributed by atoms with E-state index in [1.54, 1.807) is 42.2 Å². The Labute approximate surface area is 153 Å². The molecule has 0 aliphatic heterocycles. The number of thioether (sulfide) groups is 1. The van der Waals surface area contributed by atoms with Gasteiger partial charge in [0.05, 0.1) is 6.54 Å². The molecule has 6 heteroatoms. The van der Waals surface area contributed by atoms with E-state index in [1.165, 1.54) is 24.3 Å². The maximum Gasteiger partial charge on any atom is 0.170 e. The lowest BCUT2D eigenvalue weighted by Crippen LogP contribution is -2.02. The van der Waals surface area contributed by atoms with Crippen molar-refractivity contribution in [2.24, 2.45) is 0 Å². The second-order valence-corrected chi connectivity index (χ2v) is 6.81. The summed E-state index contributed by atoms with van der Waals surface area (Å²) in [7, 11) is 0. The molecule has 0 saturated heterocycles. The van der Waals surface area contributed by atoms with E-state index in [0.29, 0.717) is 12.3 Å². The SMILES string of the molecule is Fc1ccc(CSc2nc3cccnc3n2Cc2ccc(F)cc2)cc1. The molecule has 130 valence electrons. The lowest BCUT2D eigenvalue weighted by atomic mass is 10.2. The molecular weight excluding hydrogens is 352 g/mol. The van der Waals surface area contributed by atoms with Crippen molar-refractivity contribution in [3.05, 3.63) is 89.6 Å². The van der Waals surface area contributed by atoms with Crippen LogP contribution in [0.4, 0.5) is 8.78 Å². The molecule has 0 atom stereocenters. The Morgan fingerprint density at radius 1 is 0.846 bits per heavy atom. The van der Waals surface area contributed by atoms with Gasteiger partial charge in [0.2, 0.25) is 0 Å². The molecule has 0 amide bonds. The van der Waals surface area contributed by atoms with Gasteiger partial charge in [-0.25, -0.2) is 18.7 Å². The Kier molecular flexibility index (Phi) is 4.67. The van der Waals surface area contributed by atoms with Crippen LogP contribution in [0.2, 0.25) is 0 Å². The summed E-state index contributed by atoms with van der Waals surface area (Å²) in [5.41, 5.74) is 3.60. The van der Waals surface area contributed by atoms with E-state index in [-0.39, 0.29) is 11.6 Å². The van der Waals surface area contributed by atoms with Crippen LogP contribution in [-0.4, -0.2) is 14.5 Å². The van der Waals surface area contributed by atoms with Crippen LogP contribution in [0.5, 0.6) is 0 Å². The van der Waals surface area contributed by atoms with Crippen LogP contribution in [0.15, 0.2) is 72.0 Å². The number of imidazole rings is 1. The molecule has 2 aromatic heterocycles. The third kappa shape index (κ3) is 3.60. The molecule has 0 fully saturated rings. The predicted molar refractivity (Wildman–Crippen MR) is 99.0 cm³/mol. The second kappa shape index (κ2) is 7.25. The molecule has 0 unspecified atom stereocenters. The highest BCUT2D eigenvalue weighted by molar-refractivity contribution is 7.98. The van der Waals surface area contributed by atoms with Crippen LogP contribution in [-0.2, 0) is 12.3 Å². The zero-order valence-corrected chi connectivity index (χ0v) is 14.6. The van der Waals surface area contributed by atoms with Gasteiger partial charge in [0.1, 0.15) is 17.2 Å². The number of fused-ring (bicyclic) bond motifs is 1. The third-order valence-corrected chi connectivity index (χ3v) is 5.05. The molecule has 0 saturated carbocycles. The Morgan fingerprint density at radius 2 is 1.50 bits per heavy atom. The smallest absolute Gasteiger partial charge is 0.170 e. The normalized spacial score (nSPS) is 11.2. The van der Waals surface area contributed by atoms with Gasteiger partial charge >= 0.3 is 0 Å². The Hall–Kier alpha value is -2.73. The van der Waals surface area contributed by atoms with Gasteiger partial charge in [0, 0.05) is 11.9 Å². The molecule has 2 heterocycles. The van der Waals surface area contributed by atoms with Crippen LogP contribution in [0.25, 0.3) is 11.2 Å². The average molecular weight is 367 g/mol. The van der Waals surface area contributed by atoms with E-state index in [4.69, 9.17) is 0 Å². The van der Waals surface area contributed by atoms with Gasteiger partial charge < -0.3 is 0 Å². The van der Waals surface area contributed by atoms with E-state index in [1.807, 2.05) is 16.7 Å². The number of hydrogen-bond donors (Lipinski definition) is 0. The minimum atomic E-state index is -0.256. The Balaban J connectivity index is 1.64. The largest absolute Gasteiger partial charge is 0.299 e. The van der Waals surface area contributed by atoms with Crippen LogP contribution in [0, 0.1) is 11.6 Å². The molecule has 0 bridgehead atoms. The molecule has 0 N–H and O–H groups in total. The molecule has 0 spiro atoms. The van der Waals surface area contributed by atoms with Crippen molar-refractivity contribution in [3.63, 3.8) is 0 Å². The Bertz CT molecular complexity index is 1030. The third-order valence-electron chi connectivity index (χ3n) is 4.00. The maximum absolute atomic E-state index is 13.2. The molecule has 0 radical (unpaired) electrons. The number of hydrogen-bond acceptors (Lipinski definition) is 3. The average Bonchev–Trinajstić information content (AvgIpc) is 3.01. The number of rotatable bonds is 5. The topological polar surface area (TPSA) is 30.7 Å². The molecule has 26 heavy (non-hydrogen) atoms. The van der Waals surface area contributed by atoms with Gasteiger partial charge in [0.15, 0.2) is 10.8 Å². The summed E-state index contributed by atoms with van der Waals surface area (Å²) in [6.07, 6.45) is 1.74. The van der Waals surface area contributed by atoms with Crippen LogP contribution in [0.1, 0.15) is 11.1 Å². The Morgan fingerprint density at radius 3 is 2.19 bits per heavy atom. The van der Waals surface area contributed by atoms with Gasteiger partial charge in [-0.2, -0.15) is 0 Å². The second-order valence-electron chi connectivity index (χ2n) is 5.87. The van der Waals surface area contributed by atoms with Gasteiger partial charge in [0.25, 0.3) is 0 Å². The van der Waals surface area contributed by atoms with E-state index in [0.717, 1.165) is 27.4 Å². The van der Waals surface area contributed by atoms with Crippen molar-refractivity contribution in [3.8, 4) is 0 Å². The predicted octanol–water partition coefficient (Wildman–Crippen LogP) is 5.05. The molecule has 0 aliphatic rings. The van der Waals surface area contributed by atoms with Crippen molar-refractivity contribution < 1.29 is 8.78 Å². The fraction of sp³-hybridized carbons (Fsp3) is 0.100. The molecular formula is C20H15F2N3S. The molecule has 4 aromatic rings. The number of pyridine rings is 1. The number of halogens is 2. The monoisotopic (exact) mass is 367 g/mol. The summed E-state index contributed by atoms with van der Waals surface area (Å²) < 4.78 is 28.3. The molecule has 4 rings (SSSR count). The van der Waals surface area contributed by atoms with E-state index in [9.17, 15) is 8.78 Å². The summed E-state index contributed by atoms with van der Waals surface area (Å²) in [5, 5.41) is 0.826. The first-order valence-corrected chi connectivity index (χ1v) is 9.10. The summed E-state index contributed by atoms with van der Waals surface area (Å²) >= 11 is 1.57. The summed E-state index contributed by atoms with van der Waals surface area (Å²) in [6.45, 7) is 0.555. The zero-order chi connectivity index (χ0) is 17.9. The minimum Gasteiger partial charge on any atom is -0.299 e. The quantitative estimate of drug-likeness (QED) is 0.463. The summed E-state index contributed by atoms with van der Waals surface area (Å²) in [4.78, 5) is 9.12. The fourth-order valence-corrected chi connectivity index (χ4v) is 3.65. The van der Waals surface area contributed by atoms with Crippen LogP contribution < -0.4 is 0 Å². The lowest BCUT2D eigenvalue weighted by Gasteiger charge is -2.09. The first-order chi connectivity index (χ1) is 12.7. The first kappa shape index (κ1) is 16.7. The summed E-state index contributed by atoms with van der Waals surface area (Å²) in [6, 6.07) is 16.7. The van der Waals surface area contributed by atoms with Gasteiger partial charge in [-0.1, -0.05) is 36.0 Å². The van der Waals surface area contributed by atoms with Gasteiger partial charge in [-0.05, 0) is 47.5 Å². The first-order valence-electron chi connectivity index (χ1n) is 8.12. The van der Waals surface area contributed by atoms with Crippen molar-refractivity contribution in [2.75, 3.05) is 0 Å². The zero-order valence-electron chi connectivity index (χ0n) is 13.8. The molecule has 2 aromatic carbocycles. The number of aromatic nitrogens is 3. The number of benzene rings is 2. The highest BCUT2D eigenvalue weighted by atomic mass is 32.2. The van der Waals surface area contributed by atoms with Crippen LogP contribution >= 0.6 is 11.8 Å². The van der Waals surface area contributed by atoms with Gasteiger partial charge in [-0.3, -0.25) is 4.57 Å². The van der Waals surface area contributed by atoms with Crippen molar-refractivity contribution in [1.82, 2.24) is 14.5 Å². The lowest BCUT2D eigenvalue weighted by molar-refractivity contribution is 0.625. The van der Waals surface area contributed by atoms with E-state index < -0.39 is 0 Å². The standard InChI is InChI=1S/C20H15F2N3S/c21-16-7-3-14(4-8-16)12-25-19-18(2-1-11-23-19)24-20(25)26-13-15-5-9-17(22)10-6-15/h1-11H,12-13H2. The van der Waals surface area contributed by atoms with Crippen LogP contribution in [0.3, 0.4) is 0 Å². The van der Waals surface area contributed by atoms with E-state index >= 15 is 0 Å². The van der Waals surface area contributed by atoms with Crippen molar-refractivity contribution in [1.29, 1.82) is 0 Å². The molecule has 3 nitrogen and oxygen atoms in total. The highest BCUT2D eigenvalue weighted by Crippen LogP contribution is 2.27. The van der Waals surface area contributed by atoms with E-state index in [2.05, 4.69) is 9.97 Å².